The van der Waals surface area contributed by atoms with Crippen molar-refractivity contribution in [1.82, 2.24) is 0 Å². The van der Waals surface area contributed by atoms with Crippen molar-refractivity contribution in [2.24, 2.45) is 11.8 Å². The van der Waals surface area contributed by atoms with E-state index >= 15 is 0 Å². The van der Waals surface area contributed by atoms with Crippen molar-refractivity contribution in [1.29, 1.82) is 0 Å². The average molecular weight is 246 g/mol. The predicted octanol–water partition coefficient (Wildman–Crippen LogP) is 3.99. The van der Waals surface area contributed by atoms with Gasteiger partial charge in [-0.3, -0.25) is 0 Å². The second-order valence-corrected chi connectivity index (χ2v) is 6.02. The zero-order chi connectivity index (χ0) is 13.1. The number of anilines is 2. The largest absolute Gasteiger partial charge is 0.381 e. The third-order valence-corrected chi connectivity index (χ3v) is 4.34. The first-order valence-electron chi connectivity index (χ1n) is 7.11. The summed E-state index contributed by atoms with van der Waals surface area (Å²) in [5.74, 6) is 1.72. The Labute approximate surface area is 111 Å². The summed E-state index contributed by atoms with van der Waals surface area (Å²) in [6, 6.07) is 9.23. The van der Waals surface area contributed by atoms with Crippen LogP contribution in [0.3, 0.4) is 0 Å². The molecule has 1 aromatic rings. The van der Waals surface area contributed by atoms with Gasteiger partial charge in [0.05, 0.1) is 11.4 Å². The first-order chi connectivity index (χ1) is 8.58. The summed E-state index contributed by atoms with van der Waals surface area (Å²) in [5, 5.41) is 3.74. The third kappa shape index (κ3) is 2.98. The van der Waals surface area contributed by atoms with Crippen LogP contribution < -0.4 is 10.2 Å². The van der Waals surface area contributed by atoms with Gasteiger partial charge in [0.15, 0.2) is 0 Å². The maximum absolute atomic E-state index is 3.74. The van der Waals surface area contributed by atoms with Crippen molar-refractivity contribution in [2.75, 3.05) is 24.3 Å². The monoisotopic (exact) mass is 246 g/mol. The van der Waals surface area contributed by atoms with Gasteiger partial charge in [-0.2, -0.15) is 0 Å². The highest BCUT2D eigenvalue weighted by Gasteiger charge is 2.24. The lowest BCUT2D eigenvalue weighted by Gasteiger charge is -2.34. The number of hydrogen-bond acceptors (Lipinski definition) is 2. The second-order valence-electron chi connectivity index (χ2n) is 6.02. The molecule has 1 aliphatic carbocycles. The second kappa shape index (κ2) is 5.64. The highest BCUT2D eigenvalue weighted by Crippen LogP contribution is 2.33. The van der Waals surface area contributed by atoms with Crippen molar-refractivity contribution in [3.05, 3.63) is 24.3 Å². The number of rotatable bonds is 3. The predicted molar refractivity (Wildman–Crippen MR) is 80.4 cm³/mol. The Morgan fingerprint density at radius 1 is 1.06 bits per heavy atom. The lowest BCUT2D eigenvalue weighted by molar-refractivity contribution is 0.261. The van der Waals surface area contributed by atoms with Gasteiger partial charge in [-0.1, -0.05) is 26.0 Å². The van der Waals surface area contributed by atoms with E-state index in [1.807, 2.05) is 0 Å². The minimum Gasteiger partial charge on any atom is -0.381 e. The van der Waals surface area contributed by atoms with Gasteiger partial charge >= 0.3 is 0 Å². The molecule has 0 spiro atoms. The van der Waals surface area contributed by atoms with E-state index < -0.39 is 0 Å². The molecular formula is C16H26N2. The molecule has 2 heteroatoms. The third-order valence-electron chi connectivity index (χ3n) is 4.34. The number of benzene rings is 1. The van der Waals surface area contributed by atoms with Crippen molar-refractivity contribution >= 4 is 11.4 Å². The van der Waals surface area contributed by atoms with E-state index in [2.05, 4.69) is 62.4 Å². The highest BCUT2D eigenvalue weighted by molar-refractivity contribution is 5.69. The number of nitrogens with one attached hydrogen (secondary N) is 1. The summed E-state index contributed by atoms with van der Waals surface area (Å²) in [4.78, 5) is 2.18. The molecule has 3 atom stereocenters. The quantitative estimate of drug-likeness (QED) is 0.867. The molecule has 2 rings (SSSR count). The smallest absolute Gasteiger partial charge is 0.0596 e. The van der Waals surface area contributed by atoms with E-state index in [9.17, 15) is 0 Å². The lowest BCUT2D eigenvalue weighted by Crippen LogP contribution is -2.30. The molecule has 0 saturated heterocycles. The summed E-state index contributed by atoms with van der Waals surface area (Å²) in [5.41, 5.74) is 2.55. The first kappa shape index (κ1) is 13.3. The summed E-state index contributed by atoms with van der Waals surface area (Å²) >= 11 is 0. The maximum Gasteiger partial charge on any atom is 0.0596 e. The van der Waals surface area contributed by atoms with Gasteiger partial charge in [0.2, 0.25) is 0 Å². The van der Waals surface area contributed by atoms with Crippen LogP contribution in [0, 0.1) is 11.8 Å². The number of nitrogens with zero attached hydrogens (tertiary/aromatic N) is 1. The van der Waals surface area contributed by atoms with Crippen LogP contribution in [0.4, 0.5) is 11.4 Å². The Morgan fingerprint density at radius 3 is 2.44 bits per heavy atom. The number of hydrogen-bond donors (Lipinski definition) is 1. The molecule has 1 saturated carbocycles. The molecule has 1 aromatic carbocycles. The van der Waals surface area contributed by atoms with E-state index in [-0.39, 0.29) is 0 Å². The topological polar surface area (TPSA) is 15.3 Å². The van der Waals surface area contributed by atoms with Crippen molar-refractivity contribution in [3.8, 4) is 0 Å². The molecular weight excluding hydrogens is 220 g/mol. The van der Waals surface area contributed by atoms with Crippen molar-refractivity contribution < 1.29 is 0 Å². The Balaban J connectivity index is 2.06. The van der Waals surface area contributed by atoms with E-state index in [0.29, 0.717) is 6.04 Å². The number of para-hydroxylation sites is 2. The van der Waals surface area contributed by atoms with Gasteiger partial charge in [-0.25, -0.2) is 0 Å². The molecule has 1 aliphatic rings. The van der Waals surface area contributed by atoms with Crippen LogP contribution >= 0.6 is 0 Å². The summed E-state index contributed by atoms with van der Waals surface area (Å²) in [6.45, 7) is 4.77. The van der Waals surface area contributed by atoms with Crippen molar-refractivity contribution in [2.45, 2.75) is 39.2 Å². The van der Waals surface area contributed by atoms with Gasteiger partial charge in [0.1, 0.15) is 0 Å². The Hall–Kier alpha value is -1.18. The Morgan fingerprint density at radius 2 is 1.78 bits per heavy atom. The van der Waals surface area contributed by atoms with Crippen LogP contribution in [0.25, 0.3) is 0 Å². The lowest BCUT2D eigenvalue weighted by atomic mass is 9.79. The van der Waals surface area contributed by atoms with E-state index in [1.54, 1.807) is 0 Å². The maximum atomic E-state index is 3.74. The van der Waals surface area contributed by atoms with Gasteiger partial charge in [0.25, 0.3) is 0 Å². The minimum absolute atomic E-state index is 0.636. The molecule has 0 amide bonds. The summed E-state index contributed by atoms with van der Waals surface area (Å²) in [6.07, 6.45) is 3.94. The average Bonchev–Trinajstić information content (AvgIpc) is 2.34. The van der Waals surface area contributed by atoms with Gasteiger partial charge in [-0.05, 0) is 43.2 Å². The molecule has 2 nitrogen and oxygen atoms in total. The summed E-state index contributed by atoms with van der Waals surface area (Å²) < 4.78 is 0. The zero-order valence-corrected chi connectivity index (χ0v) is 12.1. The standard InChI is InChI=1S/C16H26N2/c1-12-9-10-14(11-13(12)2)17-15-7-5-6-8-16(15)18(3)4/h5-8,12-14,17H,9-11H2,1-4H3. The SMILES string of the molecule is CC1CCC(Nc2ccccc2N(C)C)CC1C. The van der Waals surface area contributed by atoms with Crippen LogP contribution in [0.15, 0.2) is 24.3 Å². The fourth-order valence-electron chi connectivity index (χ4n) is 2.88. The van der Waals surface area contributed by atoms with E-state index in [4.69, 9.17) is 0 Å². The molecule has 0 radical (unpaired) electrons. The normalized spacial score (nSPS) is 27.9. The van der Waals surface area contributed by atoms with E-state index in [1.165, 1.54) is 30.6 Å². The molecule has 18 heavy (non-hydrogen) atoms. The molecule has 1 N–H and O–H groups in total. The zero-order valence-electron chi connectivity index (χ0n) is 12.1. The van der Waals surface area contributed by atoms with Crippen LogP contribution in [0.1, 0.15) is 33.1 Å². The molecule has 0 bridgehead atoms. The highest BCUT2D eigenvalue weighted by atomic mass is 15.1. The first-order valence-corrected chi connectivity index (χ1v) is 7.11. The molecule has 100 valence electrons. The van der Waals surface area contributed by atoms with Gasteiger partial charge < -0.3 is 10.2 Å². The van der Waals surface area contributed by atoms with Crippen LogP contribution in [-0.2, 0) is 0 Å². The molecule has 3 unspecified atom stereocenters. The molecule has 1 fully saturated rings. The minimum atomic E-state index is 0.636. The molecule has 0 aliphatic heterocycles. The fraction of sp³-hybridized carbons (Fsp3) is 0.625. The molecule has 0 heterocycles. The van der Waals surface area contributed by atoms with Gasteiger partial charge in [0, 0.05) is 20.1 Å². The fourth-order valence-corrected chi connectivity index (χ4v) is 2.88. The Kier molecular flexibility index (Phi) is 4.15. The summed E-state index contributed by atoms with van der Waals surface area (Å²) in [7, 11) is 4.21. The van der Waals surface area contributed by atoms with Crippen LogP contribution in [-0.4, -0.2) is 20.1 Å². The van der Waals surface area contributed by atoms with Gasteiger partial charge in [-0.15, -0.1) is 0 Å². The molecule has 0 aromatic heterocycles. The van der Waals surface area contributed by atoms with E-state index in [0.717, 1.165) is 11.8 Å². The van der Waals surface area contributed by atoms with Crippen LogP contribution in [0.5, 0.6) is 0 Å². The van der Waals surface area contributed by atoms with Crippen molar-refractivity contribution in [3.63, 3.8) is 0 Å². The van der Waals surface area contributed by atoms with Crippen LogP contribution in [0.2, 0.25) is 0 Å². The Bertz CT molecular complexity index is 386.